The molecule has 1 aromatic carbocycles. The Bertz CT molecular complexity index is 670. The van der Waals surface area contributed by atoms with Gasteiger partial charge in [-0.2, -0.15) is 0 Å². The van der Waals surface area contributed by atoms with Gasteiger partial charge < -0.3 is 4.74 Å². The van der Waals surface area contributed by atoms with Crippen LogP contribution in [0.25, 0.3) is 0 Å². The van der Waals surface area contributed by atoms with Gasteiger partial charge in [0, 0.05) is 12.7 Å². The molecule has 0 saturated carbocycles. The number of nitrogens with zero attached hydrogens (tertiary/aromatic N) is 1. The molecule has 0 saturated heterocycles. The third-order valence-corrected chi connectivity index (χ3v) is 4.25. The molecule has 0 spiro atoms. The zero-order valence-corrected chi connectivity index (χ0v) is 12.3. The molecular weight excluding hydrogens is 300 g/mol. The lowest BCUT2D eigenvalue weighted by Crippen LogP contribution is -2.23. The van der Waals surface area contributed by atoms with E-state index in [0.717, 1.165) is 11.3 Å². The highest BCUT2D eigenvalue weighted by Gasteiger charge is 2.13. The number of nitrogens with one attached hydrogen (secondary N) is 1. The molecule has 0 aliphatic heterocycles. The fraction of sp³-hybridized carbons (Fsp3) is 0.154. The predicted molar refractivity (Wildman–Crippen MR) is 76.3 cm³/mol. The third kappa shape index (κ3) is 3.69. The second kappa shape index (κ2) is 6.21. The molecule has 0 aliphatic rings. The maximum atomic E-state index is 12.0. The molecule has 2 aromatic rings. The van der Waals surface area contributed by atoms with Gasteiger partial charge in [-0.3, -0.25) is 0 Å². The van der Waals surface area contributed by atoms with Crippen LogP contribution in [0.4, 0.5) is 0 Å². The summed E-state index contributed by atoms with van der Waals surface area (Å²) < 4.78 is 31.6. The first-order valence-electron chi connectivity index (χ1n) is 5.75. The smallest absolute Gasteiger partial charge is 0.242 e. The van der Waals surface area contributed by atoms with Crippen molar-refractivity contribution >= 4 is 21.6 Å². The van der Waals surface area contributed by atoms with E-state index in [1.165, 1.54) is 18.3 Å². The van der Waals surface area contributed by atoms with E-state index in [9.17, 15) is 8.42 Å². The van der Waals surface area contributed by atoms with Crippen molar-refractivity contribution in [2.45, 2.75) is 11.4 Å². The molecule has 1 N–H and O–H groups in total. The minimum Gasteiger partial charge on any atom is -0.497 e. The van der Waals surface area contributed by atoms with Crippen molar-refractivity contribution in [3.05, 3.63) is 53.3 Å². The van der Waals surface area contributed by atoms with Gasteiger partial charge in [-0.05, 0) is 29.8 Å². The first kappa shape index (κ1) is 14.8. The van der Waals surface area contributed by atoms with Gasteiger partial charge in [0.1, 0.15) is 15.8 Å². The number of hydrogen-bond acceptors (Lipinski definition) is 4. The van der Waals surface area contributed by atoms with Crippen LogP contribution in [0.2, 0.25) is 5.15 Å². The largest absolute Gasteiger partial charge is 0.497 e. The molecule has 0 atom stereocenters. The average Bonchev–Trinajstić information content (AvgIpc) is 2.46. The summed E-state index contributed by atoms with van der Waals surface area (Å²) in [6, 6.07) is 9.97. The molecular formula is C13H13ClN2O3S. The Morgan fingerprint density at radius 2 is 1.90 bits per heavy atom. The van der Waals surface area contributed by atoms with Crippen molar-refractivity contribution in [2.75, 3.05) is 7.11 Å². The van der Waals surface area contributed by atoms with E-state index in [0.29, 0.717) is 0 Å². The van der Waals surface area contributed by atoms with E-state index in [1.54, 1.807) is 31.4 Å². The summed E-state index contributed by atoms with van der Waals surface area (Å²) in [6.07, 6.45) is 1.22. The van der Waals surface area contributed by atoms with Gasteiger partial charge in [-0.1, -0.05) is 23.7 Å². The van der Waals surface area contributed by atoms with Crippen LogP contribution in [0.3, 0.4) is 0 Å². The van der Waals surface area contributed by atoms with Crippen molar-refractivity contribution in [2.24, 2.45) is 0 Å². The molecule has 0 bridgehead atoms. The number of benzene rings is 1. The Hall–Kier alpha value is -1.63. The summed E-state index contributed by atoms with van der Waals surface area (Å²) in [5, 5.41) is 0.249. The zero-order chi connectivity index (χ0) is 14.6. The number of hydrogen-bond donors (Lipinski definition) is 1. The minimum atomic E-state index is -3.59. The first-order valence-corrected chi connectivity index (χ1v) is 7.61. The molecule has 7 heteroatoms. The number of methoxy groups -OCH3 is 1. The average molecular weight is 313 g/mol. The summed E-state index contributed by atoms with van der Waals surface area (Å²) in [4.78, 5) is 3.83. The van der Waals surface area contributed by atoms with Crippen LogP contribution in [-0.4, -0.2) is 20.5 Å². The highest BCUT2D eigenvalue weighted by atomic mass is 35.5. The maximum Gasteiger partial charge on any atom is 0.242 e. The monoisotopic (exact) mass is 312 g/mol. The summed E-state index contributed by atoms with van der Waals surface area (Å²) in [5.41, 5.74) is 0.830. The van der Waals surface area contributed by atoms with Crippen LogP contribution in [-0.2, 0) is 16.6 Å². The molecule has 0 amide bonds. The lowest BCUT2D eigenvalue weighted by atomic mass is 10.2. The Kier molecular flexibility index (Phi) is 4.59. The molecule has 106 valence electrons. The summed E-state index contributed by atoms with van der Waals surface area (Å²) in [6.45, 7) is 0.189. The van der Waals surface area contributed by atoms with Crippen molar-refractivity contribution < 1.29 is 13.2 Å². The molecule has 20 heavy (non-hydrogen) atoms. The zero-order valence-electron chi connectivity index (χ0n) is 10.7. The number of rotatable bonds is 5. The Labute approximate surface area is 122 Å². The quantitative estimate of drug-likeness (QED) is 0.860. The lowest BCUT2D eigenvalue weighted by Gasteiger charge is -2.07. The SMILES string of the molecule is COc1ccc(CNS(=O)(=O)c2ccc(Cl)nc2)cc1. The van der Waals surface area contributed by atoms with E-state index in [4.69, 9.17) is 16.3 Å². The molecule has 1 heterocycles. The van der Waals surface area contributed by atoms with Crippen LogP contribution < -0.4 is 9.46 Å². The first-order chi connectivity index (χ1) is 9.51. The number of pyridine rings is 1. The van der Waals surface area contributed by atoms with Gasteiger partial charge in [-0.25, -0.2) is 18.1 Å². The second-order valence-corrected chi connectivity index (χ2v) is 6.14. The topological polar surface area (TPSA) is 68.3 Å². The van der Waals surface area contributed by atoms with Gasteiger partial charge in [0.2, 0.25) is 10.0 Å². The highest BCUT2D eigenvalue weighted by molar-refractivity contribution is 7.89. The lowest BCUT2D eigenvalue weighted by molar-refractivity contribution is 0.414. The molecule has 5 nitrogen and oxygen atoms in total. The summed E-state index contributed by atoms with van der Waals surface area (Å²) >= 11 is 5.63. The van der Waals surface area contributed by atoms with Crippen molar-refractivity contribution in [3.63, 3.8) is 0 Å². The molecule has 0 unspecified atom stereocenters. The Balaban J connectivity index is 2.06. The minimum absolute atomic E-state index is 0.0791. The number of halogens is 1. The number of sulfonamides is 1. The van der Waals surface area contributed by atoms with Crippen molar-refractivity contribution in [1.82, 2.24) is 9.71 Å². The van der Waals surface area contributed by atoms with Crippen LogP contribution in [0.15, 0.2) is 47.5 Å². The third-order valence-electron chi connectivity index (χ3n) is 2.64. The second-order valence-electron chi connectivity index (χ2n) is 3.99. The van der Waals surface area contributed by atoms with Gasteiger partial charge in [-0.15, -0.1) is 0 Å². The molecule has 2 rings (SSSR count). The Morgan fingerprint density at radius 1 is 1.20 bits per heavy atom. The van der Waals surface area contributed by atoms with Gasteiger partial charge in [0.15, 0.2) is 0 Å². The normalized spacial score (nSPS) is 11.3. The predicted octanol–water partition coefficient (Wildman–Crippen LogP) is 2.22. The number of ether oxygens (including phenoxy) is 1. The molecule has 0 fully saturated rings. The Morgan fingerprint density at radius 3 is 2.45 bits per heavy atom. The molecule has 0 aliphatic carbocycles. The van der Waals surface area contributed by atoms with E-state index in [1.807, 2.05) is 0 Å². The van der Waals surface area contributed by atoms with Crippen LogP contribution in [0, 0.1) is 0 Å². The van der Waals surface area contributed by atoms with E-state index in [-0.39, 0.29) is 16.6 Å². The fourth-order valence-corrected chi connectivity index (χ4v) is 2.60. The standard InChI is InChI=1S/C13H13ClN2O3S/c1-19-11-4-2-10(3-5-11)8-16-20(17,18)12-6-7-13(14)15-9-12/h2-7,9,16H,8H2,1H3. The van der Waals surface area contributed by atoms with Crippen molar-refractivity contribution in [3.8, 4) is 5.75 Å². The summed E-state index contributed by atoms with van der Waals surface area (Å²) in [5.74, 6) is 0.721. The van der Waals surface area contributed by atoms with E-state index < -0.39 is 10.0 Å². The van der Waals surface area contributed by atoms with Crippen LogP contribution in [0.1, 0.15) is 5.56 Å². The van der Waals surface area contributed by atoms with Crippen LogP contribution >= 0.6 is 11.6 Å². The van der Waals surface area contributed by atoms with E-state index in [2.05, 4.69) is 9.71 Å². The molecule has 1 aromatic heterocycles. The van der Waals surface area contributed by atoms with Gasteiger partial charge >= 0.3 is 0 Å². The summed E-state index contributed by atoms with van der Waals surface area (Å²) in [7, 11) is -2.02. The number of aromatic nitrogens is 1. The fourth-order valence-electron chi connectivity index (χ4n) is 1.53. The molecule has 0 radical (unpaired) electrons. The van der Waals surface area contributed by atoms with E-state index >= 15 is 0 Å². The van der Waals surface area contributed by atoms with Crippen LogP contribution in [0.5, 0.6) is 5.75 Å². The van der Waals surface area contributed by atoms with Crippen molar-refractivity contribution in [1.29, 1.82) is 0 Å². The maximum absolute atomic E-state index is 12.0. The van der Waals surface area contributed by atoms with Gasteiger partial charge in [0.05, 0.1) is 7.11 Å². The highest BCUT2D eigenvalue weighted by Crippen LogP contribution is 2.13. The van der Waals surface area contributed by atoms with Gasteiger partial charge in [0.25, 0.3) is 0 Å².